The van der Waals surface area contributed by atoms with Crippen molar-refractivity contribution in [2.75, 3.05) is 23.4 Å². The molecule has 6 nitrogen and oxygen atoms in total. The summed E-state index contributed by atoms with van der Waals surface area (Å²) in [5.41, 5.74) is 2.68. The molecule has 0 aliphatic carbocycles. The summed E-state index contributed by atoms with van der Waals surface area (Å²) in [7, 11) is 0. The van der Waals surface area contributed by atoms with Crippen molar-refractivity contribution in [1.82, 2.24) is 9.97 Å². The lowest BCUT2D eigenvalue weighted by atomic mass is 9.91. The maximum Gasteiger partial charge on any atom is 0.224 e. The SMILES string of the molecule is CC(C)[C@H](CO)Nc1nccc(N2CCc3cc(C(C)(C)O)ccc3C2)n1. The van der Waals surface area contributed by atoms with Crippen LogP contribution in [0.25, 0.3) is 0 Å². The van der Waals surface area contributed by atoms with E-state index in [0.717, 1.165) is 30.9 Å². The fraction of sp³-hybridized carbons (Fsp3) is 0.524. The molecule has 6 heteroatoms. The van der Waals surface area contributed by atoms with Gasteiger partial charge in [0.25, 0.3) is 0 Å². The van der Waals surface area contributed by atoms with E-state index in [-0.39, 0.29) is 18.6 Å². The van der Waals surface area contributed by atoms with Gasteiger partial charge in [-0.05, 0) is 48.9 Å². The number of rotatable bonds is 6. The van der Waals surface area contributed by atoms with Crippen molar-refractivity contribution in [2.24, 2.45) is 5.92 Å². The van der Waals surface area contributed by atoms with Crippen molar-refractivity contribution in [2.45, 2.75) is 52.3 Å². The summed E-state index contributed by atoms with van der Waals surface area (Å²) in [6, 6.07) is 8.08. The van der Waals surface area contributed by atoms with Crippen LogP contribution in [-0.2, 0) is 18.6 Å². The van der Waals surface area contributed by atoms with Crippen LogP contribution >= 0.6 is 0 Å². The Bertz CT molecular complexity index is 786. The molecular weight excluding hydrogens is 340 g/mol. The van der Waals surface area contributed by atoms with E-state index in [9.17, 15) is 10.2 Å². The molecule has 146 valence electrons. The zero-order valence-corrected chi connectivity index (χ0v) is 16.6. The maximum absolute atomic E-state index is 10.2. The Morgan fingerprint density at radius 1 is 1.22 bits per heavy atom. The number of aromatic nitrogens is 2. The van der Waals surface area contributed by atoms with Crippen LogP contribution in [0.5, 0.6) is 0 Å². The summed E-state index contributed by atoms with van der Waals surface area (Å²) in [6.45, 7) is 9.44. The molecule has 27 heavy (non-hydrogen) atoms. The molecule has 2 heterocycles. The summed E-state index contributed by atoms with van der Waals surface area (Å²) in [5, 5.41) is 23.0. The van der Waals surface area contributed by atoms with Crippen molar-refractivity contribution in [3.8, 4) is 0 Å². The fourth-order valence-electron chi connectivity index (χ4n) is 3.31. The van der Waals surface area contributed by atoms with E-state index in [2.05, 4.69) is 46.2 Å². The van der Waals surface area contributed by atoms with E-state index in [1.54, 1.807) is 6.20 Å². The minimum Gasteiger partial charge on any atom is -0.394 e. The minimum absolute atomic E-state index is 0.0475. The first-order chi connectivity index (χ1) is 12.8. The Balaban J connectivity index is 1.76. The number of aliphatic hydroxyl groups is 2. The van der Waals surface area contributed by atoms with E-state index in [1.807, 2.05) is 26.0 Å². The van der Waals surface area contributed by atoms with Gasteiger partial charge in [0.15, 0.2) is 0 Å². The topological polar surface area (TPSA) is 81.5 Å². The Labute approximate surface area is 161 Å². The number of anilines is 2. The fourth-order valence-corrected chi connectivity index (χ4v) is 3.31. The van der Waals surface area contributed by atoms with Gasteiger partial charge in [0.2, 0.25) is 5.95 Å². The lowest BCUT2D eigenvalue weighted by Crippen LogP contribution is -2.33. The van der Waals surface area contributed by atoms with E-state index >= 15 is 0 Å². The Morgan fingerprint density at radius 3 is 2.67 bits per heavy atom. The first kappa shape index (κ1) is 19.6. The van der Waals surface area contributed by atoms with Crippen LogP contribution in [0.1, 0.15) is 44.4 Å². The molecule has 1 atom stereocenters. The molecular formula is C21H30N4O2. The number of hydrogen-bond donors (Lipinski definition) is 3. The molecule has 1 aliphatic rings. The van der Waals surface area contributed by atoms with Gasteiger partial charge in [0.1, 0.15) is 5.82 Å². The number of aliphatic hydroxyl groups excluding tert-OH is 1. The number of fused-ring (bicyclic) bond motifs is 1. The van der Waals surface area contributed by atoms with Crippen LogP contribution in [0.15, 0.2) is 30.5 Å². The molecule has 0 spiro atoms. The maximum atomic E-state index is 10.2. The third-order valence-corrected chi connectivity index (χ3v) is 5.21. The first-order valence-electron chi connectivity index (χ1n) is 9.58. The third kappa shape index (κ3) is 4.57. The van der Waals surface area contributed by atoms with Crippen molar-refractivity contribution in [3.05, 3.63) is 47.2 Å². The predicted molar refractivity (Wildman–Crippen MR) is 108 cm³/mol. The monoisotopic (exact) mass is 370 g/mol. The van der Waals surface area contributed by atoms with Crippen molar-refractivity contribution >= 4 is 11.8 Å². The van der Waals surface area contributed by atoms with Gasteiger partial charge in [-0.25, -0.2) is 4.98 Å². The molecule has 1 aromatic carbocycles. The molecule has 2 aromatic rings. The van der Waals surface area contributed by atoms with Gasteiger partial charge in [-0.1, -0.05) is 32.0 Å². The number of hydrogen-bond acceptors (Lipinski definition) is 6. The van der Waals surface area contributed by atoms with Crippen LogP contribution in [0.4, 0.5) is 11.8 Å². The van der Waals surface area contributed by atoms with Crippen molar-refractivity contribution in [1.29, 1.82) is 0 Å². The van der Waals surface area contributed by atoms with Crippen LogP contribution in [0.2, 0.25) is 0 Å². The highest BCUT2D eigenvalue weighted by atomic mass is 16.3. The summed E-state index contributed by atoms with van der Waals surface area (Å²) >= 11 is 0. The lowest BCUT2D eigenvalue weighted by Gasteiger charge is -2.31. The average molecular weight is 370 g/mol. The van der Waals surface area contributed by atoms with Crippen LogP contribution in [-0.4, -0.2) is 39.4 Å². The van der Waals surface area contributed by atoms with Gasteiger partial charge in [-0.2, -0.15) is 4.98 Å². The molecule has 3 rings (SSSR count). The highest BCUT2D eigenvalue weighted by molar-refractivity contribution is 5.47. The summed E-state index contributed by atoms with van der Waals surface area (Å²) in [5.74, 6) is 1.71. The van der Waals surface area contributed by atoms with E-state index in [1.165, 1.54) is 11.1 Å². The Morgan fingerprint density at radius 2 is 2.00 bits per heavy atom. The average Bonchev–Trinajstić information content (AvgIpc) is 2.64. The molecule has 0 saturated heterocycles. The lowest BCUT2D eigenvalue weighted by molar-refractivity contribution is 0.0785. The molecule has 1 aromatic heterocycles. The van der Waals surface area contributed by atoms with Crippen molar-refractivity contribution < 1.29 is 10.2 Å². The largest absolute Gasteiger partial charge is 0.394 e. The van der Waals surface area contributed by atoms with Gasteiger partial charge >= 0.3 is 0 Å². The second-order valence-electron chi connectivity index (χ2n) is 8.13. The smallest absolute Gasteiger partial charge is 0.224 e. The van der Waals surface area contributed by atoms with E-state index < -0.39 is 5.60 Å². The van der Waals surface area contributed by atoms with Crippen LogP contribution in [0, 0.1) is 5.92 Å². The minimum atomic E-state index is -0.820. The van der Waals surface area contributed by atoms with Gasteiger partial charge in [0.05, 0.1) is 18.2 Å². The van der Waals surface area contributed by atoms with Gasteiger partial charge in [-0.15, -0.1) is 0 Å². The highest BCUT2D eigenvalue weighted by Crippen LogP contribution is 2.28. The molecule has 0 radical (unpaired) electrons. The summed E-state index contributed by atoms with van der Waals surface area (Å²) in [6.07, 6.45) is 2.67. The standard InChI is InChI=1S/C21H30N4O2/c1-14(2)18(13-26)23-20-22-9-7-19(24-20)25-10-8-15-11-17(21(3,4)27)6-5-16(15)12-25/h5-7,9,11,14,18,26-27H,8,10,12-13H2,1-4H3,(H,22,23,24)/t18-/m0/s1. The predicted octanol–water partition coefficient (Wildman–Crippen LogP) is 2.70. The number of nitrogens with zero attached hydrogens (tertiary/aromatic N) is 3. The molecule has 0 bridgehead atoms. The normalized spacial score (nSPS) is 15.6. The quantitative estimate of drug-likeness (QED) is 0.725. The summed E-state index contributed by atoms with van der Waals surface area (Å²) < 4.78 is 0. The molecule has 0 fully saturated rings. The Hall–Kier alpha value is -2.18. The number of nitrogens with one attached hydrogen (secondary N) is 1. The third-order valence-electron chi connectivity index (χ3n) is 5.21. The van der Waals surface area contributed by atoms with Gasteiger partial charge in [0, 0.05) is 19.3 Å². The van der Waals surface area contributed by atoms with Gasteiger partial charge in [-0.3, -0.25) is 0 Å². The summed E-state index contributed by atoms with van der Waals surface area (Å²) in [4.78, 5) is 11.2. The highest BCUT2D eigenvalue weighted by Gasteiger charge is 2.22. The van der Waals surface area contributed by atoms with Gasteiger partial charge < -0.3 is 20.4 Å². The van der Waals surface area contributed by atoms with Crippen LogP contribution < -0.4 is 10.2 Å². The van der Waals surface area contributed by atoms with E-state index in [4.69, 9.17) is 0 Å². The molecule has 0 amide bonds. The molecule has 0 saturated carbocycles. The van der Waals surface area contributed by atoms with E-state index in [0.29, 0.717) is 5.95 Å². The first-order valence-corrected chi connectivity index (χ1v) is 9.58. The number of benzene rings is 1. The van der Waals surface area contributed by atoms with Crippen molar-refractivity contribution in [3.63, 3.8) is 0 Å². The Kier molecular flexibility index (Phi) is 5.67. The molecule has 0 unspecified atom stereocenters. The molecule has 3 N–H and O–H groups in total. The van der Waals surface area contributed by atoms with Crippen LogP contribution in [0.3, 0.4) is 0 Å². The zero-order chi connectivity index (χ0) is 19.6. The zero-order valence-electron chi connectivity index (χ0n) is 16.6. The second kappa shape index (κ2) is 7.82. The second-order valence-corrected chi connectivity index (χ2v) is 8.13. The molecule has 1 aliphatic heterocycles.